The second kappa shape index (κ2) is 9.15. The van der Waals surface area contributed by atoms with Gasteiger partial charge in [0.15, 0.2) is 0 Å². The molecule has 0 aromatic heterocycles. The Labute approximate surface area is 216 Å². The summed E-state index contributed by atoms with van der Waals surface area (Å²) in [6.07, 6.45) is 0. The molecule has 0 radical (unpaired) electrons. The van der Waals surface area contributed by atoms with E-state index in [1.165, 1.54) is 38.2 Å². The summed E-state index contributed by atoms with van der Waals surface area (Å²) in [5, 5.41) is 4.73. The van der Waals surface area contributed by atoms with Crippen LogP contribution in [0.3, 0.4) is 0 Å². The summed E-state index contributed by atoms with van der Waals surface area (Å²) in [5.74, 6) is 1.89. The first-order chi connectivity index (χ1) is 18.3. The standard InChI is InChI=1S/C35H26O2/c1-2-8-24(9-3-1)25-14-16-26(17-15-25)29-22-36-32-20-18-27-10-4-6-12-30(27)34(32)35-31-13-7-5-11-28(31)19-21-33(35)37-23-29/h1-21,29H,22-23H2. The Kier molecular flexibility index (Phi) is 5.36. The van der Waals surface area contributed by atoms with Gasteiger partial charge in [0.2, 0.25) is 0 Å². The maximum Gasteiger partial charge on any atom is 0.127 e. The van der Waals surface area contributed by atoms with Crippen LogP contribution >= 0.6 is 0 Å². The molecule has 178 valence electrons. The molecule has 2 heteroatoms. The molecule has 6 aromatic rings. The van der Waals surface area contributed by atoms with Gasteiger partial charge in [0, 0.05) is 11.1 Å². The van der Waals surface area contributed by atoms with Crippen molar-refractivity contribution in [3.8, 4) is 33.8 Å². The molecule has 0 unspecified atom stereocenters. The van der Waals surface area contributed by atoms with Crippen LogP contribution in [0.15, 0.2) is 127 Å². The normalized spacial score (nSPS) is 13.5. The summed E-state index contributed by atoms with van der Waals surface area (Å²) < 4.78 is 13.2. The van der Waals surface area contributed by atoms with E-state index in [9.17, 15) is 0 Å². The zero-order valence-electron chi connectivity index (χ0n) is 20.4. The zero-order chi connectivity index (χ0) is 24.6. The Morgan fingerprint density at radius 2 is 0.919 bits per heavy atom. The second-order valence-electron chi connectivity index (χ2n) is 9.63. The largest absolute Gasteiger partial charge is 0.492 e. The highest BCUT2D eigenvalue weighted by Crippen LogP contribution is 2.46. The maximum atomic E-state index is 6.62. The first-order valence-corrected chi connectivity index (χ1v) is 12.8. The van der Waals surface area contributed by atoms with Crippen molar-refractivity contribution >= 4 is 21.5 Å². The second-order valence-corrected chi connectivity index (χ2v) is 9.63. The van der Waals surface area contributed by atoms with Gasteiger partial charge in [0.1, 0.15) is 11.5 Å². The number of rotatable bonds is 2. The summed E-state index contributed by atoms with van der Waals surface area (Å²) in [5.41, 5.74) is 5.85. The molecular weight excluding hydrogens is 452 g/mol. The molecule has 0 saturated carbocycles. The van der Waals surface area contributed by atoms with Gasteiger partial charge in [-0.2, -0.15) is 0 Å². The Bertz CT molecular complexity index is 1630. The Morgan fingerprint density at radius 3 is 1.49 bits per heavy atom. The van der Waals surface area contributed by atoms with E-state index in [2.05, 4.69) is 121 Å². The van der Waals surface area contributed by atoms with Crippen LogP contribution in [-0.4, -0.2) is 13.2 Å². The highest BCUT2D eigenvalue weighted by atomic mass is 16.5. The van der Waals surface area contributed by atoms with E-state index in [4.69, 9.17) is 9.47 Å². The molecule has 1 heterocycles. The van der Waals surface area contributed by atoms with E-state index in [0.717, 1.165) is 22.6 Å². The lowest BCUT2D eigenvalue weighted by molar-refractivity contribution is 0.223. The van der Waals surface area contributed by atoms with E-state index in [1.807, 2.05) is 6.07 Å². The van der Waals surface area contributed by atoms with E-state index in [1.54, 1.807) is 0 Å². The SMILES string of the molecule is c1ccc(-c2ccc(C3COc4ccc5ccccc5c4-c4c(ccc5ccccc45)OC3)cc2)cc1. The molecule has 1 aliphatic heterocycles. The van der Waals surface area contributed by atoms with E-state index in [0.29, 0.717) is 13.2 Å². The highest BCUT2D eigenvalue weighted by Gasteiger charge is 2.23. The minimum Gasteiger partial charge on any atom is -0.492 e. The van der Waals surface area contributed by atoms with Gasteiger partial charge >= 0.3 is 0 Å². The lowest BCUT2D eigenvalue weighted by atomic mass is 9.92. The Hall–Kier alpha value is -4.56. The third-order valence-corrected chi connectivity index (χ3v) is 7.40. The molecule has 0 amide bonds. The van der Waals surface area contributed by atoms with Gasteiger partial charge in [-0.05, 0) is 50.4 Å². The van der Waals surface area contributed by atoms with Crippen molar-refractivity contribution in [3.63, 3.8) is 0 Å². The first-order valence-electron chi connectivity index (χ1n) is 12.8. The predicted octanol–water partition coefficient (Wildman–Crippen LogP) is 8.88. The molecule has 1 aliphatic rings. The molecule has 0 saturated heterocycles. The van der Waals surface area contributed by atoms with Crippen LogP contribution in [0, 0.1) is 0 Å². The molecule has 7 rings (SSSR count). The van der Waals surface area contributed by atoms with Gasteiger partial charge in [-0.1, -0.05) is 115 Å². The van der Waals surface area contributed by atoms with Gasteiger partial charge < -0.3 is 9.47 Å². The molecule has 0 N–H and O–H groups in total. The first kappa shape index (κ1) is 21.7. The van der Waals surface area contributed by atoms with Crippen LogP contribution in [0.1, 0.15) is 11.5 Å². The van der Waals surface area contributed by atoms with Crippen molar-refractivity contribution in [2.45, 2.75) is 5.92 Å². The molecule has 0 bridgehead atoms. The summed E-state index contributed by atoms with van der Waals surface area (Å²) in [4.78, 5) is 0. The van der Waals surface area contributed by atoms with Gasteiger partial charge in [-0.3, -0.25) is 0 Å². The van der Waals surface area contributed by atoms with E-state index < -0.39 is 0 Å². The zero-order valence-corrected chi connectivity index (χ0v) is 20.4. The fourth-order valence-corrected chi connectivity index (χ4v) is 5.46. The third-order valence-electron chi connectivity index (χ3n) is 7.40. The topological polar surface area (TPSA) is 18.5 Å². The van der Waals surface area contributed by atoms with Gasteiger partial charge in [-0.25, -0.2) is 0 Å². The van der Waals surface area contributed by atoms with Gasteiger partial charge in [0.25, 0.3) is 0 Å². The van der Waals surface area contributed by atoms with Gasteiger partial charge in [0.05, 0.1) is 19.1 Å². The molecule has 37 heavy (non-hydrogen) atoms. The third kappa shape index (κ3) is 3.91. The number of hydrogen-bond donors (Lipinski definition) is 0. The number of benzene rings is 6. The Morgan fingerprint density at radius 1 is 0.432 bits per heavy atom. The molecule has 0 fully saturated rings. The average molecular weight is 479 g/mol. The Balaban J connectivity index is 1.35. The van der Waals surface area contributed by atoms with E-state index >= 15 is 0 Å². The lowest BCUT2D eigenvalue weighted by Crippen LogP contribution is -2.17. The van der Waals surface area contributed by atoms with Gasteiger partial charge in [-0.15, -0.1) is 0 Å². The number of fused-ring (bicyclic) bond motifs is 7. The molecular formula is C35H26O2. The van der Waals surface area contributed by atoms with Crippen LogP contribution in [0.4, 0.5) is 0 Å². The molecule has 0 spiro atoms. The fraction of sp³-hybridized carbons (Fsp3) is 0.0857. The van der Waals surface area contributed by atoms with E-state index in [-0.39, 0.29) is 5.92 Å². The average Bonchev–Trinajstić information content (AvgIpc) is 3.05. The minimum atomic E-state index is 0.0987. The van der Waals surface area contributed by atoms with Crippen molar-refractivity contribution in [1.29, 1.82) is 0 Å². The molecule has 6 aromatic carbocycles. The van der Waals surface area contributed by atoms with Crippen molar-refractivity contribution in [2.75, 3.05) is 13.2 Å². The molecule has 0 atom stereocenters. The fourth-order valence-electron chi connectivity index (χ4n) is 5.46. The molecule has 2 nitrogen and oxygen atoms in total. The van der Waals surface area contributed by atoms with Crippen LogP contribution in [0.2, 0.25) is 0 Å². The predicted molar refractivity (Wildman–Crippen MR) is 152 cm³/mol. The monoisotopic (exact) mass is 478 g/mol. The van der Waals surface area contributed by atoms with Crippen molar-refractivity contribution in [1.82, 2.24) is 0 Å². The molecule has 0 aliphatic carbocycles. The smallest absolute Gasteiger partial charge is 0.127 e. The summed E-state index contributed by atoms with van der Waals surface area (Å²) >= 11 is 0. The van der Waals surface area contributed by atoms with Crippen molar-refractivity contribution in [2.24, 2.45) is 0 Å². The number of hydrogen-bond acceptors (Lipinski definition) is 2. The summed E-state index contributed by atoms with van der Waals surface area (Å²) in [7, 11) is 0. The van der Waals surface area contributed by atoms with Crippen molar-refractivity contribution < 1.29 is 9.47 Å². The highest BCUT2D eigenvalue weighted by molar-refractivity contribution is 6.09. The minimum absolute atomic E-state index is 0.0987. The lowest BCUT2D eigenvalue weighted by Gasteiger charge is -2.18. The van der Waals surface area contributed by atoms with Crippen molar-refractivity contribution in [3.05, 3.63) is 133 Å². The number of ether oxygens (including phenoxy) is 2. The summed E-state index contributed by atoms with van der Waals surface area (Å²) in [6, 6.07) is 44.9. The van der Waals surface area contributed by atoms with Crippen LogP contribution < -0.4 is 9.47 Å². The summed E-state index contributed by atoms with van der Waals surface area (Å²) in [6.45, 7) is 1.09. The van der Waals surface area contributed by atoms with Crippen LogP contribution in [0.5, 0.6) is 11.5 Å². The van der Waals surface area contributed by atoms with Crippen LogP contribution in [-0.2, 0) is 0 Å². The van der Waals surface area contributed by atoms with Crippen LogP contribution in [0.25, 0.3) is 43.8 Å². The quantitative estimate of drug-likeness (QED) is 0.247. The maximum absolute atomic E-state index is 6.62.